The number of nitrogens with zero attached hydrogens (tertiary/aromatic N) is 2. The van der Waals surface area contributed by atoms with Gasteiger partial charge in [-0.05, 0) is 56.2 Å². The van der Waals surface area contributed by atoms with Gasteiger partial charge in [-0.15, -0.1) is 0 Å². The minimum atomic E-state index is -0.931. The Balaban J connectivity index is 1.35. The summed E-state index contributed by atoms with van der Waals surface area (Å²) in [7, 11) is 0. The lowest BCUT2D eigenvalue weighted by atomic mass is 10.1. The molecule has 174 valence electrons. The third kappa shape index (κ3) is 5.24. The fraction of sp³-hybridized carbons (Fsp3) is 0.348. The Hall–Kier alpha value is -3.63. The number of aliphatic hydroxyl groups is 1. The van der Waals surface area contributed by atoms with Gasteiger partial charge in [-0.1, -0.05) is 0 Å². The molecule has 1 aliphatic heterocycles. The zero-order valence-electron chi connectivity index (χ0n) is 18.2. The van der Waals surface area contributed by atoms with E-state index in [0.29, 0.717) is 65.4 Å². The van der Waals surface area contributed by atoms with Gasteiger partial charge in [0.25, 0.3) is 0 Å². The van der Waals surface area contributed by atoms with Crippen LogP contribution in [-0.4, -0.2) is 57.9 Å². The van der Waals surface area contributed by atoms with Crippen LogP contribution in [0.3, 0.4) is 0 Å². The van der Waals surface area contributed by atoms with Crippen LogP contribution in [-0.2, 0) is 9.53 Å². The van der Waals surface area contributed by atoms with Gasteiger partial charge in [-0.3, -0.25) is 4.79 Å². The summed E-state index contributed by atoms with van der Waals surface area (Å²) in [5.41, 5.74) is 9.31. The Morgan fingerprint density at radius 2 is 1.97 bits per heavy atom. The third-order valence-electron chi connectivity index (χ3n) is 5.57. The number of carbonyl (C=O) groups excluding carboxylic acids is 1. The molecule has 0 spiro atoms. The Kier molecular flexibility index (Phi) is 6.47. The second-order valence-electron chi connectivity index (χ2n) is 8.06. The minimum Gasteiger partial charge on any atom is -0.465 e. The number of likely N-dealkylation sites (tertiary alicyclic amines) is 1. The molecule has 1 aromatic heterocycles. The van der Waals surface area contributed by atoms with Crippen LogP contribution in [0.15, 0.2) is 40.8 Å². The number of nitrogens with two attached hydrogens (primary N) is 1. The summed E-state index contributed by atoms with van der Waals surface area (Å²) in [5, 5.41) is 21.7. The molecule has 0 bridgehead atoms. The number of hydrogen-bond acceptors (Lipinski definition) is 7. The van der Waals surface area contributed by atoms with Crippen LogP contribution in [0.2, 0.25) is 0 Å². The van der Waals surface area contributed by atoms with Crippen LogP contribution in [0.25, 0.3) is 22.6 Å². The molecule has 10 heteroatoms. The van der Waals surface area contributed by atoms with Crippen molar-refractivity contribution in [3.8, 4) is 11.5 Å². The van der Waals surface area contributed by atoms with Crippen molar-refractivity contribution in [3.05, 3.63) is 42.0 Å². The normalized spacial score (nSPS) is 15.5. The van der Waals surface area contributed by atoms with Crippen LogP contribution in [0.4, 0.5) is 16.2 Å². The van der Waals surface area contributed by atoms with Gasteiger partial charge in [-0.25, -0.2) is 9.78 Å². The number of amides is 2. The molecule has 1 aliphatic rings. The Bertz CT molecular complexity index is 1150. The monoisotopic (exact) mass is 454 g/mol. The van der Waals surface area contributed by atoms with Crippen LogP contribution < -0.4 is 11.1 Å². The Morgan fingerprint density at radius 3 is 2.61 bits per heavy atom. The molecular formula is C23H26N4O6. The molecule has 0 radical (unpaired) electrons. The van der Waals surface area contributed by atoms with Crippen molar-refractivity contribution in [2.75, 3.05) is 30.7 Å². The number of benzene rings is 2. The quantitative estimate of drug-likeness (QED) is 0.414. The average Bonchev–Trinajstić information content (AvgIpc) is 3.21. The van der Waals surface area contributed by atoms with Crippen molar-refractivity contribution in [1.82, 2.24) is 9.88 Å². The van der Waals surface area contributed by atoms with E-state index in [9.17, 15) is 14.7 Å². The van der Waals surface area contributed by atoms with Gasteiger partial charge < -0.3 is 35.3 Å². The van der Waals surface area contributed by atoms with Gasteiger partial charge >= 0.3 is 6.09 Å². The fourth-order valence-electron chi connectivity index (χ4n) is 3.82. The number of fused-ring (bicyclic) bond motifs is 1. The molecule has 1 saturated heterocycles. The van der Waals surface area contributed by atoms with Gasteiger partial charge in [0.2, 0.25) is 11.8 Å². The smallest absolute Gasteiger partial charge is 0.407 e. The summed E-state index contributed by atoms with van der Waals surface area (Å²) in [6.07, 6.45) is -0.669. The van der Waals surface area contributed by atoms with Crippen molar-refractivity contribution in [1.29, 1.82) is 0 Å². The average molecular weight is 454 g/mol. The summed E-state index contributed by atoms with van der Waals surface area (Å²) in [5.74, 6) is 0.0914. The number of carbonyl (C=O) groups is 2. The van der Waals surface area contributed by atoms with Gasteiger partial charge in [0.1, 0.15) is 12.1 Å². The molecule has 1 atom stereocenters. The highest BCUT2D eigenvalue weighted by Gasteiger charge is 2.23. The van der Waals surface area contributed by atoms with Gasteiger partial charge in [0.15, 0.2) is 5.58 Å². The number of nitrogen functional groups attached to an aromatic ring is 1. The molecule has 1 unspecified atom stereocenters. The summed E-state index contributed by atoms with van der Waals surface area (Å²) in [6.45, 7) is 2.35. The van der Waals surface area contributed by atoms with E-state index in [1.165, 1.54) is 4.90 Å². The number of aromatic nitrogens is 1. The van der Waals surface area contributed by atoms with Crippen molar-refractivity contribution in [3.63, 3.8) is 0 Å². The van der Waals surface area contributed by atoms with E-state index in [-0.39, 0.29) is 18.6 Å². The highest BCUT2D eigenvalue weighted by Crippen LogP contribution is 2.32. The first-order valence-corrected chi connectivity index (χ1v) is 10.7. The molecule has 4 rings (SSSR count). The van der Waals surface area contributed by atoms with E-state index in [0.717, 1.165) is 0 Å². The molecule has 2 heterocycles. The maximum absolute atomic E-state index is 12.2. The number of aliphatic hydroxyl groups excluding tert-OH is 1. The minimum absolute atomic E-state index is 0.103. The summed E-state index contributed by atoms with van der Waals surface area (Å²) >= 11 is 0. The highest BCUT2D eigenvalue weighted by atomic mass is 16.5. The first kappa shape index (κ1) is 22.6. The predicted molar refractivity (Wildman–Crippen MR) is 122 cm³/mol. The standard InChI is InChI=1S/C23H26N4O6/c1-13(28)18-10-15(24)11-19-21(18)33-22(26-19)14-2-4-16(5-3-14)25-20(29)12-32-17-6-8-27(9-7-17)23(30)31/h2-5,10-11,13,17,28H,6-9,12,24H2,1H3,(H,25,29)(H,30,31). The van der Waals surface area contributed by atoms with Crippen molar-refractivity contribution < 1.29 is 29.0 Å². The molecule has 3 aromatic rings. The van der Waals surface area contributed by atoms with Crippen molar-refractivity contribution in [2.24, 2.45) is 0 Å². The van der Waals surface area contributed by atoms with E-state index < -0.39 is 12.2 Å². The lowest BCUT2D eigenvalue weighted by Gasteiger charge is -2.29. The van der Waals surface area contributed by atoms with Gasteiger partial charge in [-0.2, -0.15) is 0 Å². The molecule has 10 nitrogen and oxygen atoms in total. The third-order valence-corrected chi connectivity index (χ3v) is 5.57. The van der Waals surface area contributed by atoms with Crippen LogP contribution in [0.1, 0.15) is 31.4 Å². The van der Waals surface area contributed by atoms with Crippen molar-refractivity contribution >= 4 is 34.5 Å². The Labute approximate surface area is 190 Å². The van der Waals surface area contributed by atoms with E-state index in [1.807, 2.05) is 0 Å². The number of carboxylic acid groups (broad SMARTS) is 1. The lowest BCUT2D eigenvalue weighted by molar-refractivity contribution is -0.123. The maximum Gasteiger partial charge on any atom is 0.407 e. The molecule has 2 aromatic carbocycles. The SMILES string of the molecule is CC(O)c1cc(N)cc2nc(-c3ccc(NC(=O)COC4CCN(C(=O)O)CC4)cc3)oc12. The zero-order valence-corrected chi connectivity index (χ0v) is 18.2. The zero-order chi connectivity index (χ0) is 23.5. The topological polar surface area (TPSA) is 151 Å². The fourth-order valence-corrected chi connectivity index (χ4v) is 3.82. The van der Waals surface area contributed by atoms with Crippen LogP contribution >= 0.6 is 0 Å². The Morgan fingerprint density at radius 1 is 1.27 bits per heavy atom. The first-order chi connectivity index (χ1) is 15.8. The van der Waals surface area contributed by atoms with Crippen LogP contribution in [0, 0.1) is 0 Å². The number of oxazole rings is 1. The van der Waals surface area contributed by atoms with E-state index in [2.05, 4.69) is 10.3 Å². The largest absolute Gasteiger partial charge is 0.465 e. The predicted octanol–water partition coefficient (Wildman–Crippen LogP) is 3.23. The van der Waals surface area contributed by atoms with Crippen molar-refractivity contribution in [2.45, 2.75) is 32.0 Å². The molecule has 33 heavy (non-hydrogen) atoms. The van der Waals surface area contributed by atoms with Crippen LogP contribution in [0.5, 0.6) is 0 Å². The van der Waals surface area contributed by atoms with E-state index >= 15 is 0 Å². The second-order valence-corrected chi connectivity index (χ2v) is 8.06. The summed E-state index contributed by atoms with van der Waals surface area (Å²) < 4.78 is 11.5. The number of anilines is 2. The molecule has 2 amide bonds. The second kappa shape index (κ2) is 9.47. The number of hydrogen-bond donors (Lipinski definition) is 4. The number of piperidine rings is 1. The molecule has 1 fully saturated rings. The highest BCUT2D eigenvalue weighted by molar-refractivity contribution is 5.92. The maximum atomic E-state index is 12.2. The van der Waals surface area contributed by atoms with E-state index in [4.69, 9.17) is 20.0 Å². The van der Waals surface area contributed by atoms with Gasteiger partial charge in [0.05, 0.1) is 12.2 Å². The summed E-state index contributed by atoms with van der Waals surface area (Å²) in [6, 6.07) is 10.4. The van der Waals surface area contributed by atoms with Gasteiger partial charge in [0, 0.05) is 35.6 Å². The number of rotatable bonds is 6. The number of nitrogens with one attached hydrogen (secondary N) is 1. The molecule has 0 aliphatic carbocycles. The molecule has 0 saturated carbocycles. The first-order valence-electron chi connectivity index (χ1n) is 10.7. The molecular weight excluding hydrogens is 428 g/mol. The van der Waals surface area contributed by atoms with E-state index in [1.54, 1.807) is 43.3 Å². The summed E-state index contributed by atoms with van der Waals surface area (Å²) in [4.78, 5) is 29.0. The molecule has 5 N–H and O–H groups in total. The lowest BCUT2D eigenvalue weighted by Crippen LogP contribution is -2.40. The number of ether oxygens (including phenoxy) is 1.